The summed E-state index contributed by atoms with van der Waals surface area (Å²) in [6, 6.07) is 0.351. The number of nitrogens with one attached hydrogen (secondary N) is 1. The Morgan fingerprint density at radius 2 is 1.86 bits per heavy atom. The summed E-state index contributed by atoms with van der Waals surface area (Å²) in [4.78, 5) is 9.97. The number of unbranched alkanes of at least 4 members (excludes halogenated alkanes) is 4. The summed E-state index contributed by atoms with van der Waals surface area (Å²) in [6.45, 7) is 3.51. The van der Waals surface area contributed by atoms with Crippen LogP contribution in [-0.2, 0) is 4.79 Å². The van der Waals surface area contributed by atoms with Gasteiger partial charge in [-0.25, -0.2) is 0 Å². The quantitative estimate of drug-likeness (QED) is 0.415. The summed E-state index contributed by atoms with van der Waals surface area (Å²) >= 11 is 0. The zero-order valence-corrected chi connectivity index (χ0v) is 9.30. The minimum absolute atomic E-state index is 0.351. The lowest BCUT2D eigenvalue weighted by Crippen LogP contribution is -2.17. The molecule has 0 aromatic rings. The predicted octanol–water partition coefficient (Wildman–Crippen LogP) is 1.46. The zero-order chi connectivity index (χ0) is 10.6. The second kappa shape index (κ2) is 10.7. The molecule has 0 saturated carbocycles. The first kappa shape index (κ1) is 13.6. The standard InChI is InChI=1S/C11H24N2O/c1-11(12)7-5-3-2-4-6-8-13-9-10-14/h10-11,13H,2-9,12H2,1H3. The maximum atomic E-state index is 9.97. The van der Waals surface area contributed by atoms with E-state index in [9.17, 15) is 4.79 Å². The molecule has 0 fully saturated rings. The molecule has 14 heavy (non-hydrogen) atoms. The van der Waals surface area contributed by atoms with Crippen molar-refractivity contribution in [2.75, 3.05) is 13.1 Å². The highest BCUT2D eigenvalue weighted by Crippen LogP contribution is 2.05. The molecule has 0 aromatic heterocycles. The van der Waals surface area contributed by atoms with Gasteiger partial charge in [0, 0.05) is 6.04 Å². The summed E-state index contributed by atoms with van der Waals surface area (Å²) < 4.78 is 0. The molecule has 0 radical (unpaired) electrons. The molecule has 3 heteroatoms. The Labute approximate surface area is 87.4 Å². The van der Waals surface area contributed by atoms with Gasteiger partial charge >= 0.3 is 0 Å². The number of rotatable bonds is 10. The second-order valence-electron chi connectivity index (χ2n) is 3.90. The first-order valence-corrected chi connectivity index (χ1v) is 5.67. The average Bonchev–Trinajstić information content (AvgIpc) is 2.15. The molecule has 0 heterocycles. The van der Waals surface area contributed by atoms with Crippen molar-refractivity contribution >= 4 is 6.29 Å². The smallest absolute Gasteiger partial charge is 0.133 e. The van der Waals surface area contributed by atoms with Gasteiger partial charge in [0.15, 0.2) is 0 Å². The van der Waals surface area contributed by atoms with Gasteiger partial charge in [-0.05, 0) is 26.3 Å². The molecular weight excluding hydrogens is 176 g/mol. The van der Waals surface area contributed by atoms with Crippen LogP contribution in [0.4, 0.5) is 0 Å². The number of carbonyl (C=O) groups is 1. The van der Waals surface area contributed by atoms with Crippen LogP contribution in [0, 0.1) is 0 Å². The van der Waals surface area contributed by atoms with Crippen LogP contribution < -0.4 is 11.1 Å². The van der Waals surface area contributed by atoms with Crippen molar-refractivity contribution in [3.63, 3.8) is 0 Å². The topological polar surface area (TPSA) is 55.1 Å². The molecule has 0 aromatic carbocycles. The van der Waals surface area contributed by atoms with Crippen LogP contribution in [-0.4, -0.2) is 25.4 Å². The van der Waals surface area contributed by atoms with Crippen molar-refractivity contribution in [3.8, 4) is 0 Å². The second-order valence-corrected chi connectivity index (χ2v) is 3.90. The SMILES string of the molecule is CC(N)CCCCCCCNCC=O. The summed E-state index contributed by atoms with van der Waals surface area (Å²) in [5.41, 5.74) is 5.65. The Morgan fingerprint density at radius 3 is 2.50 bits per heavy atom. The van der Waals surface area contributed by atoms with Gasteiger partial charge in [0.25, 0.3) is 0 Å². The monoisotopic (exact) mass is 200 g/mol. The Hall–Kier alpha value is -0.410. The first-order chi connectivity index (χ1) is 6.77. The van der Waals surface area contributed by atoms with Crippen molar-refractivity contribution < 1.29 is 4.79 Å². The molecule has 0 aliphatic heterocycles. The van der Waals surface area contributed by atoms with E-state index >= 15 is 0 Å². The van der Waals surface area contributed by atoms with Gasteiger partial charge in [-0.15, -0.1) is 0 Å². The predicted molar refractivity (Wildman–Crippen MR) is 60.3 cm³/mol. The molecule has 84 valence electrons. The van der Waals surface area contributed by atoms with E-state index in [1.165, 1.54) is 32.1 Å². The molecule has 3 N–H and O–H groups in total. The third-order valence-corrected chi connectivity index (χ3v) is 2.24. The summed E-state index contributed by atoms with van der Waals surface area (Å²) in [5.74, 6) is 0. The fraction of sp³-hybridized carbons (Fsp3) is 0.909. The van der Waals surface area contributed by atoms with Crippen LogP contribution in [0.3, 0.4) is 0 Å². The van der Waals surface area contributed by atoms with Crippen molar-refractivity contribution in [2.24, 2.45) is 5.73 Å². The minimum Gasteiger partial charge on any atom is -0.328 e. The average molecular weight is 200 g/mol. The first-order valence-electron chi connectivity index (χ1n) is 5.67. The lowest BCUT2D eigenvalue weighted by Gasteiger charge is -2.04. The lowest BCUT2D eigenvalue weighted by molar-refractivity contribution is -0.107. The van der Waals surface area contributed by atoms with E-state index in [1.807, 2.05) is 0 Å². The van der Waals surface area contributed by atoms with Crippen molar-refractivity contribution in [3.05, 3.63) is 0 Å². The molecule has 1 atom stereocenters. The van der Waals surface area contributed by atoms with Gasteiger partial charge in [0.1, 0.15) is 6.29 Å². The number of carbonyl (C=O) groups excluding carboxylic acids is 1. The number of aldehydes is 1. The Balaban J connectivity index is 2.88. The molecule has 3 nitrogen and oxygen atoms in total. The van der Waals surface area contributed by atoms with Gasteiger partial charge in [-0.2, -0.15) is 0 Å². The fourth-order valence-corrected chi connectivity index (χ4v) is 1.41. The highest BCUT2D eigenvalue weighted by molar-refractivity contribution is 5.51. The van der Waals surface area contributed by atoms with Crippen LogP contribution in [0.2, 0.25) is 0 Å². The molecule has 0 bridgehead atoms. The Bertz CT molecular complexity index is 126. The van der Waals surface area contributed by atoms with Crippen molar-refractivity contribution in [2.45, 2.75) is 51.5 Å². The van der Waals surface area contributed by atoms with Gasteiger partial charge in [0.2, 0.25) is 0 Å². The highest BCUT2D eigenvalue weighted by Gasteiger charge is 1.94. The van der Waals surface area contributed by atoms with Crippen LogP contribution >= 0.6 is 0 Å². The van der Waals surface area contributed by atoms with Gasteiger partial charge in [0.05, 0.1) is 6.54 Å². The summed E-state index contributed by atoms with van der Waals surface area (Å²) in [5, 5.41) is 3.06. The van der Waals surface area contributed by atoms with E-state index in [-0.39, 0.29) is 0 Å². The molecule has 0 rings (SSSR count). The van der Waals surface area contributed by atoms with Crippen LogP contribution in [0.15, 0.2) is 0 Å². The highest BCUT2D eigenvalue weighted by atomic mass is 16.1. The molecule has 0 aliphatic carbocycles. The van der Waals surface area contributed by atoms with Crippen LogP contribution in [0.25, 0.3) is 0 Å². The van der Waals surface area contributed by atoms with E-state index in [4.69, 9.17) is 5.73 Å². The fourth-order valence-electron chi connectivity index (χ4n) is 1.41. The van der Waals surface area contributed by atoms with Gasteiger partial charge in [-0.3, -0.25) is 0 Å². The van der Waals surface area contributed by atoms with Gasteiger partial charge in [-0.1, -0.05) is 25.7 Å². The van der Waals surface area contributed by atoms with Crippen LogP contribution in [0.5, 0.6) is 0 Å². The molecule has 0 amide bonds. The molecular formula is C11H24N2O. The number of nitrogens with two attached hydrogens (primary N) is 1. The summed E-state index contributed by atoms with van der Waals surface area (Å²) in [6.07, 6.45) is 8.30. The van der Waals surface area contributed by atoms with E-state index in [0.717, 1.165) is 19.3 Å². The van der Waals surface area contributed by atoms with Crippen molar-refractivity contribution in [1.29, 1.82) is 0 Å². The molecule has 0 saturated heterocycles. The Kier molecular flexibility index (Phi) is 10.4. The summed E-state index contributed by atoms with van der Waals surface area (Å²) in [7, 11) is 0. The third kappa shape index (κ3) is 11.6. The van der Waals surface area contributed by atoms with E-state index in [0.29, 0.717) is 12.6 Å². The van der Waals surface area contributed by atoms with E-state index in [1.54, 1.807) is 0 Å². The normalized spacial score (nSPS) is 12.7. The van der Waals surface area contributed by atoms with Crippen molar-refractivity contribution in [1.82, 2.24) is 5.32 Å². The molecule has 1 unspecified atom stereocenters. The minimum atomic E-state index is 0.351. The Morgan fingerprint density at radius 1 is 1.21 bits per heavy atom. The maximum absolute atomic E-state index is 9.97. The number of hydrogen-bond acceptors (Lipinski definition) is 3. The molecule has 0 spiro atoms. The lowest BCUT2D eigenvalue weighted by atomic mass is 10.1. The maximum Gasteiger partial charge on any atom is 0.133 e. The van der Waals surface area contributed by atoms with Gasteiger partial charge < -0.3 is 15.8 Å². The third-order valence-electron chi connectivity index (χ3n) is 2.24. The van der Waals surface area contributed by atoms with Crippen LogP contribution in [0.1, 0.15) is 45.4 Å². The van der Waals surface area contributed by atoms with E-state index < -0.39 is 0 Å². The zero-order valence-electron chi connectivity index (χ0n) is 9.30. The number of hydrogen-bond donors (Lipinski definition) is 2. The van der Waals surface area contributed by atoms with E-state index in [2.05, 4.69) is 12.2 Å². The molecule has 0 aliphatic rings. The largest absolute Gasteiger partial charge is 0.328 e.